The number of nitrogens with zero attached hydrogens (tertiary/aromatic N) is 2. The van der Waals surface area contributed by atoms with Crippen LogP contribution in [-0.4, -0.2) is 30.5 Å². The zero-order chi connectivity index (χ0) is 17.2. The molecular formula is C15H14N4O3S2. The zero-order valence-corrected chi connectivity index (χ0v) is 14.3. The minimum Gasteiger partial charge on any atom is -0.298 e. The lowest BCUT2D eigenvalue weighted by molar-refractivity contribution is 0.102. The number of para-hydroxylation sites is 1. The molecule has 0 aliphatic carbocycles. The van der Waals surface area contributed by atoms with Gasteiger partial charge in [0.05, 0.1) is 28.7 Å². The highest BCUT2D eigenvalue weighted by Gasteiger charge is 2.11. The normalized spacial score (nSPS) is 11.5. The maximum atomic E-state index is 12.3. The number of pyridine rings is 1. The largest absolute Gasteiger partial charge is 0.298 e. The molecule has 2 aromatic heterocycles. The molecule has 0 unspecified atom stereocenters. The van der Waals surface area contributed by atoms with Crippen molar-refractivity contribution in [3.8, 4) is 0 Å². The van der Waals surface area contributed by atoms with Gasteiger partial charge < -0.3 is 0 Å². The summed E-state index contributed by atoms with van der Waals surface area (Å²) in [5.41, 5.74) is 1.66. The first kappa shape index (κ1) is 16.5. The summed E-state index contributed by atoms with van der Waals surface area (Å²) in [6.45, 7) is 0.0289. The number of rotatable bonds is 5. The van der Waals surface area contributed by atoms with E-state index in [-0.39, 0.29) is 12.5 Å². The van der Waals surface area contributed by atoms with Crippen molar-refractivity contribution in [3.63, 3.8) is 0 Å². The third-order valence-electron chi connectivity index (χ3n) is 3.11. The molecule has 0 fully saturated rings. The molecule has 3 rings (SSSR count). The van der Waals surface area contributed by atoms with Gasteiger partial charge in [0.1, 0.15) is 0 Å². The summed E-state index contributed by atoms with van der Waals surface area (Å²) in [6.07, 6.45) is 2.53. The van der Waals surface area contributed by atoms with Crippen LogP contribution in [0, 0.1) is 0 Å². The Morgan fingerprint density at radius 1 is 1.25 bits per heavy atom. The number of benzene rings is 1. The van der Waals surface area contributed by atoms with Gasteiger partial charge in [-0.05, 0) is 24.3 Å². The molecule has 124 valence electrons. The summed E-state index contributed by atoms with van der Waals surface area (Å²) in [5, 5.41) is 3.26. The van der Waals surface area contributed by atoms with Crippen LogP contribution in [0.2, 0.25) is 0 Å². The minimum atomic E-state index is -3.32. The molecule has 0 radical (unpaired) electrons. The third-order valence-corrected chi connectivity index (χ3v) is 4.73. The van der Waals surface area contributed by atoms with E-state index in [1.54, 1.807) is 12.1 Å². The molecule has 9 heteroatoms. The molecular weight excluding hydrogens is 348 g/mol. The van der Waals surface area contributed by atoms with E-state index in [0.717, 1.165) is 16.5 Å². The number of nitrogens with one attached hydrogen (secondary N) is 2. The van der Waals surface area contributed by atoms with E-state index in [1.165, 1.54) is 17.5 Å². The number of fused-ring (bicyclic) bond motifs is 1. The fourth-order valence-corrected chi connectivity index (χ4v) is 3.29. The molecule has 0 spiro atoms. The standard InChI is InChI=1S/C15H14N4O3S2/c1-24(21,22)17-9-11-8-10(6-7-16-11)14(20)19-15-18-12-4-2-3-5-13(12)23-15/h2-8,17H,9H2,1H3,(H,18,19,20). The summed E-state index contributed by atoms with van der Waals surface area (Å²) in [5.74, 6) is -0.322. The van der Waals surface area contributed by atoms with Crippen molar-refractivity contribution < 1.29 is 13.2 Å². The van der Waals surface area contributed by atoms with Crippen molar-refractivity contribution in [2.75, 3.05) is 11.6 Å². The summed E-state index contributed by atoms with van der Waals surface area (Å²) in [4.78, 5) is 20.7. The molecule has 1 aromatic carbocycles. The summed E-state index contributed by atoms with van der Waals surface area (Å²) in [7, 11) is -3.32. The molecule has 0 saturated heterocycles. The van der Waals surface area contributed by atoms with Crippen LogP contribution >= 0.6 is 11.3 Å². The second kappa shape index (κ2) is 6.63. The van der Waals surface area contributed by atoms with E-state index >= 15 is 0 Å². The van der Waals surface area contributed by atoms with Gasteiger partial charge in [-0.1, -0.05) is 23.5 Å². The maximum Gasteiger partial charge on any atom is 0.257 e. The van der Waals surface area contributed by atoms with Gasteiger partial charge in [-0.25, -0.2) is 18.1 Å². The third kappa shape index (κ3) is 4.13. The van der Waals surface area contributed by atoms with Gasteiger partial charge in [-0.15, -0.1) is 0 Å². The minimum absolute atomic E-state index is 0.0289. The Morgan fingerprint density at radius 3 is 2.79 bits per heavy atom. The fourth-order valence-electron chi connectivity index (χ4n) is 2.02. The predicted octanol–water partition coefficient (Wildman–Crippen LogP) is 1.99. The SMILES string of the molecule is CS(=O)(=O)NCc1cc(C(=O)Nc2nc3ccccc3s2)ccn1. The zero-order valence-electron chi connectivity index (χ0n) is 12.7. The molecule has 0 saturated carbocycles. The number of carbonyl (C=O) groups is 1. The fraction of sp³-hybridized carbons (Fsp3) is 0.133. The first-order valence-electron chi connectivity index (χ1n) is 6.97. The van der Waals surface area contributed by atoms with Crippen LogP contribution in [0.5, 0.6) is 0 Å². The number of aromatic nitrogens is 2. The van der Waals surface area contributed by atoms with Crippen LogP contribution in [-0.2, 0) is 16.6 Å². The van der Waals surface area contributed by atoms with Crippen molar-refractivity contribution in [1.29, 1.82) is 0 Å². The molecule has 2 N–H and O–H groups in total. The lowest BCUT2D eigenvalue weighted by Crippen LogP contribution is -2.22. The quantitative estimate of drug-likeness (QED) is 0.723. The van der Waals surface area contributed by atoms with Gasteiger partial charge >= 0.3 is 0 Å². The van der Waals surface area contributed by atoms with Crippen LogP contribution in [0.15, 0.2) is 42.6 Å². The van der Waals surface area contributed by atoms with E-state index in [2.05, 4.69) is 20.0 Å². The van der Waals surface area contributed by atoms with Crippen molar-refractivity contribution in [3.05, 3.63) is 53.9 Å². The molecule has 0 bridgehead atoms. The summed E-state index contributed by atoms with van der Waals surface area (Å²) < 4.78 is 25.6. The van der Waals surface area contributed by atoms with Crippen LogP contribution in [0.4, 0.5) is 5.13 Å². The van der Waals surface area contributed by atoms with Crippen molar-refractivity contribution in [2.24, 2.45) is 0 Å². The average molecular weight is 362 g/mol. The first-order chi connectivity index (χ1) is 11.4. The number of hydrogen-bond acceptors (Lipinski definition) is 6. The van der Waals surface area contributed by atoms with Gasteiger partial charge in [0.15, 0.2) is 5.13 Å². The average Bonchev–Trinajstić information content (AvgIpc) is 2.94. The van der Waals surface area contributed by atoms with Crippen LogP contribution < -0.4 is 10.0 Å². The van der Waals surface area contributed by atoms with Gasteiger partial charge in [-0.3, -0.25) is 15.1 Å². The van der Waals surface area contributed by atoms with Crippen molar-refractivity contribution >= 4 is 42.6 Å². The molecule has 7 nitrogen and oxygen atoms in total. The van der Waals surface area contributed by atoms with Crippen LogP contribution in [0.3, 0.4) is 0 Å². The number of sulfonamides is 1. The number of thiazole rings is 1. The maximum absolute atomic E-state index is 12.3. The lowest BCUT2D eigenvalue weighted by atomic mass is 10.2. The summed E-state index contributed by atoms with van der Waals surface area (Å²) >= 11 is 1.39. The predicted molar refractivity (Wildman–Crippen MR) is 93.5 cm³/mol. The van der Waals surface area contributed by atoms with E-state index in [0.29, 0.717) is 16.4 Å². The smallest absolute Gasteiger partial charge is 0.257 e. The molecule has 2 heterocycles. The molecule has 0 aliphatic heterocycles. The van der Waals surface area contributed by atoms with E-state index in [9.17, 15) is 13.2 Å². The Labute approximate surface area is 142 Å². The van der Waals surface area contributed by atoms with Crippen LogP contribution in [0.25, 0.3) is 10.2 Å². The van der Waals surface area contributed by atoms with Crippen molar-refractivity contribution in [1.82, 2.24) is 14.7 Å². The van der Waals surface area contributed by atoms with Crippen molar-refractivity contribution in [2.45, 2.75) is 6.54 Å². The van der Waals surface area contributed by atoms with Gasteiger partial charge in [0, 0.05) is 11.8 Å². The molecule has 24 heavy (non-hydrogen) atoms. The number of anilines is 1. The number of hydrogen-bond donors (Lipinski definition) is 2. The Bertz CT molecular complexity index is 966. The monoisotopic (exact) mass is 362 g/mol. The number of amides is 1. The van der Waals surface area contributed by atoms with Gasteiger partial charge in [-0.2, -0.15) is 0 Å². The second-order valence-electron chi connectivity index (χ2n) is 5.07. The molecule has 0 aliphatic rings. The van der Waals surface area contributed by atoms with Gasteiger partial charge in [0.25, 0.3) is 5.91 Å². The Morgan fingerprint density at radius 2 is 2.04 bits per heavy atom. The highest BCUT2D eigenvalue weighted by Crippen LogP contribution is 2.25. The summed E-state index contributed by atoms with van der Waals surface area (Å²) in [6, 6.07) is 10.7. The van der Waals surface area contributed by atoms with E-state index in [1.807, 2.05) is 24.3 Å². The van der Waals surface area contributed by atoms with E-state index < -0.39 is 10.0 Å². The number of carbonyl (C=O) groups excluding carboxylic acids is 1. The Hall–Kier alpha value is -2.36. The lowest BCUT2D eigenvalue weighted by Gasteiger charge is -2.05. The van der Waals surface area contributed by atoms with Crippen LogP contribution in [0.1, 0.15) is 16.1 Å². The molecule has 1 amide bonds. The molecule has 0 atom stereocenters. The topological polar surface area (TPSA) is 101 Å². The highest BCUT2D eigenvalue weighted by molar-refractivity contribution is 7.88. The van der Waals surface area contributed by atoms with E-state index in [4.69, 9.17) is 0 Å². The Balaban J connectivity index is 1.74. The second-order valence-corrected chi connectivity index (χ2v) is 7.93. The van der Waals surface area contributed by atoms with Gasteiger partial charge in [0.2, 0.25) is 10.0 Å². The first-order valence-corrected chi connectivity index (χ1v) is 9.68. The Kier molecular flexibility index (Phi) is 4.56. The molecule has 3 aromatic rings. The highest BCUT2D eigenvalue weighted by atomic mass is 32.2.